The summed E-state index contributed by atoms with van der Waals surface area (Å²) in [6.07, 6.45) is 5.42. The minimum Gasteiger partial charge on any atom is -0.489 e. The van der Waals surface area contributed by atoms with E-state index in [4.69, 9.17) is 10.5 Å². The largest absolute Gasteiger partial charge is 0.489 e. The first-order chi connectivity index (χ1) is 13.5. The van der Waals surface area contributed by atoms with Gasteiger partial charge >= 0.3 is 0 Å². The van der Waals surface area contributed by atoms with Crippen LogP contribution in [0.2, 0.25) is 0 Å². The molecule has 0 aliphatic heterocycles. The molecule has 0 saturated carbocycles. The summed E-state index contributed by atoms with van der Waals surface area (Å²) in [7, 11) is 1.91. The maximum atomic E-state index is 11.4. The molecule has 6 nitrogen and oxygen atoms in total. The van der Waals surface area contributed by atoms with E-state index >= 15 is 0 Å². The second-order valence-corrected chi connectivity index (χ2v) is 6.75. The van der Waals surface area contributed by atoms with E-state index in [1.165, 1.54) is 0 Å². The lowest BCUT2D eigenvalue weighted by atomic mass is 10.00. The number of primary amides is 1. The Morgan fingerprint density at radius 2 is 1.93 bits per heavy atom. The van der Waals surface area contributed by atoms with Gasteiger partial charge in [0.2, 0.25) is 5.91 Å². The molecule has 0 saturated heterocycles. The summed E-state index contributed by atoms with van der Waals surface area (Å²) in [5.74, 6) is 0.359. The molecule has 2 N–H and O–H groups in total. The molecule has 0 fully saturated rings. The average molecular weight is 372 g/mol. The number of hydrogen-bond donors (Lipinski definition) is 1. The molecular weight excluding hydrogens is 352 g/mol. The van der Waals surface area contributed by atoms with Gasteiger partial charge < -0.3 is 10.5 Å². The van der Waals surface area contributed by atoms with Crippen molar-refractivity contribution in [1.29, 1.82) is 0 Å². The van der Waals surface area contributed by atoms with Crippen LogP contribution in [0.5, 0.6) is 5.75 Å². The van der Waals surface area contributed by atoms with E-state index in [2.05, 4.69) is 10.1 Å². The van der Waals surface area contributed by atoms with Crippen LogP contribution < -0.4 is 10.5 Å². The predicted molar refractivity (Wildman–Crippen MR) is 108 cm³/mol. The molecule has 0 spiro atoms. The number of benzene rings is 2. The van der Waals surface area contributed by atoms with Crippen LogP contribution in [-0.2, 0) is 13.7 Å². The molecule has 1 amide bonds. The molecule has 0 aliphatic rings. The molecule has 2 aromatic heterocycles. The second-order valence-electron chi connectivity index (χ2n) is 6.75. The molecule has 0 radical (unpaired) electrons. The predicted octanol–water partition coefficient (Wildman–Crippen LogP) is 3.62. The number of pyridine rings is 1. The lowest BCUT2D eigenvalue weighted by Crippen LogP contribution is -2.12. The Morgan fingerprint density at radius 3 is 2.71 bits per heavy atom. The smallest absolute Gasteiger partial charge is 0.248 e. The van der Waals surface area contributed by atoms with Crippen molar-refractivity contribution in [3.63, 3.8) is 0 Å². The van der Waals surface area contributed by atoms with E-state index in [9.17, 15) is 4.79 Å². The molecule has 28 heavy (non-hydrogen) atoms. The van der Waals surface area contributed by atoms with Crippen LogP contribution in [0.15, 0.2) is 61.1 Å². The van der Waals surface area contributed by atoms with Crippen molar-refractivity contribution in [3.05, 3.63) is 77.7 Å². The van der Waals surface area contributed by atoms with Crippen molar-refractivity contribution in [2.45, 2.75) is 13.5 Å². The van der Waals surface area contributed by atoms with Gasteiger partial charge in [-0.15, -0.1) is 0 Å². The molecule has 4 rings (SSSR count). The van der Waals surface area contributed by atoms with Gasteiger partial charge in [0, 0.05) is 47.6 Å². The molecule has 0 atom stereocenters. The highest BCUT2D eigenvalue weighted by atomic mass is 16.5. The third-order valence-electron chi connectivity index (χ3n) is 4.75. The standard InChI is InChI=1S/C22H20N4O2/c1-14-7-16(4-6-20(14)22(23)27)18-8-15(10-24-11-18)13-28-19-5-3-17-12-25-26(2)21(17)9-19/h3-12H,13H2,1-2H3,(H2,23,27). The molecule has 140 valence electrons. The summed E-state index contributed by atoms with van der Waals surface area (Å²) in [6, 6.07) is 13.5. The number of hydrogen-bond acceptors (Lipinski definition) is 4. The first-order valence-corrected chi connectivity index (χ1v) is 8.90. The number of carbonyl (C=O) groups is 1. The SMILES string of the molecule is Cc1cc(-c2cncc(COc3ccc4cnn(C)c4c3)c2)ccc1C(N)=O. The summed E-state index contributed by atoms with van der Waals surface area (Å²) < 4.78 is 7.77. The summed E-state index contributed by atoms with van der Waals surface area (Å²) in [6.45, 7) is 2.28. The van der Waals surface area contributed by atoms with E-state index in [1.54, 1.807) is 18.5 Å². The van der Waals surface area contributed by atoms with Crippen LogP contribution in [0.25, 0.3) is 22.0 Å². The van der Waals surface area contributed by atoms with Gasteiger partial charge in [-0.1, -0.05) is 12.1 Å². The number of aromatic nitrogens is 3. The zero-order chi connectivity index (χ0) is 19.7. The second kappa shape index (κ2) is 7.15. The molecule has 0 aliphatic carbocycles. The van der Waals surface area contributed by atoms with Gasteiger partial charge in [-0.3, -0.25) is 14.5 Å². The Morgan fingerprint density at radius 1 is 1.07 bits per heavy atom. The van der Waals surface area contributed by atoms with E-state index in [0.29, 0.717) is 12.2 Å². The van der Waals surface area contributed by atoms with Crippen molar-refractivity contribution in [3.8, 4) is 16.9 Å². The fraction of sp³-hybridized carbons (Fsp3) is 0.136. The molecule has 6 heteroatoms. The number of ether oxygens (including phenoxy) is 1. The highest BCUT2D eigenvalue weighted by Gasteiger charge is 2.08. The van der Waals surface area contributed by atoms with Crippen molar-refractivity contribution in [2.24, 2.45) is 12.8 Å². The summed E-state index contributed by atoms with van der Waals surface area (Å²) in [5, 5.41) is 5.32. The Bertz CT molecular complexity index is 1180. The zero-order valence-corrected chi connectivity index (χ0v) is 15.7. The van der Waals surface area contributed by atoms with Crippen LogP contribution in [-0.4, -0.2) is 20.7 Å². The van der Waals surface area contributed by atoms with Crippen molar-refractivity contribution < 1.29 is 9.53 Å². The number of rotatable bonds is 5. The molecule has 0 bridgehead atoms. The van der Waals surface area contributed by atoms with Gasteiger partial charge in [0.25, 0.3) is 0 Å². The summed E-state index contributed by atoms with van der Waals surface area (Å²) >= 11 is 0. The van der Waals surface area contributed by atoms with E-state index in [-0.39, 0.29) is 0 Å². The number of nitrogens with two attached hydrogens (primary N) is 1. The molecule has 2 aromatic carbocycles. The van der Waals surface area contributed by atoms with Gasteiger partial charge in [-0.2, -0.15) is 5.10 Å². The fourth-order valence-electron chi connectivity index (χ4n) is 3.22. The number of amides is 1. The van der Waals surface area contributed by atoms with Gasteiger partial charge in [0.05, 0.1) is 11.7 Å². The van der Waals surface area contributed by atoms with Crippen LogP contribution in [0.4, 0.5) is 0 Å². The van der Waals surface area contributed by atoms with Crippen molar-refractivity contribution in [1.82, 2.24) is 14.8 Å². The Kier molecular flexibility index (Phi) is 4.53. The highest BCUT2D eigenvalue weighted by Crippen LogP contribution is 2.24. The van der Waals surface area contributed by atoms with E-state index < -0.39 is 5.91 Å². The fourth-order valence-corrected chi connectivity index (χ4v) is 3.22. The van der Waals surface area contributed by atoms with Gasteiger partial charge in [-0.05, 0) is 42.3 Å². The van der Waals surface area contributed by atoms with Crippen molar-refractivity contribution >= 4 is 16.8 Å². The first-order valence-electron chi connectivity index (χ1n) is 8.90. The minimum absolute atomic E-state index is 0.405. The van der Waals surface area contributed by atoms with E-state index in [0.717, 1.165) is 38.9 Å². The first kappa shape index (κ1) is 17.7. The number of aryl methyl sites for hydroxylation is 2. The third-order valence-corrected chi connectivity index (χ3v) is 4.75. The summed E-state index contributed by atoms with van der Waals surface area (Å²) in [4.78, 5) is 15.7. The highest BCUT2D eigenvalue weighted by molar-refractivity contribution is 5.94. The van der Waals surface area contributed by atoms with Gasteiger partial charge in [0.1, 0.15) is 12.4 Å². The van der Waals surface area contributed by atoms with Gasteiger partial charge in [0.15, 0.2) is 0 Å². The summed E-state index contributed by atoms with van der Waals surface area (Å²) in [5.41, 5.74) is 10.7. The number of carbonyl (C=O) groups excluding carboxylic acids is 1. The van der Waals surface area contributed by atoms with Crippen molar-refractivity contribution in [2.75, 3.05) is 0 Å². The molecule has 0 unspecified atom stereocenters. The Hall–Kier alpha value is -3.67. The molecule has 2 heterocycles. The minimum atomic E-state index is -0.422. The van der Waals surface area contributed by atoms with Crippen LogP contribution in [0.1, 0.15) is 21.5 Å². The van der Waals surface area contributed by atoms with Crippen LogP contribution >= 0.6 is 0 Å². The maximum Gasteiger partial charge on any atom is 0.248 e. The number of fused-ring (bicyclic) bond motifs is 1. The monoisotopic (exact) mass is 372 g/mol. The Balaban J connectivity index is 1.54. The normalized spacial score (nSPS) is 10.9. The zero-order valence-electron chi connectivity index (χ0n) is 15.7. The Labute approximate surface area is 162 Å². The maximum absolute atomic E-state index is 11.4. The number of nitrogens with zero attached hydrogens (tertiary/aromatic N) is 3. The quantitative estimate of drug-likeness (QED) is 0.580. The lowest BCUT2D eigenvalue weighted by Gasteiger charge is -2.09. The van der Waals surface area contributed by atoms with Gasteiger partial charge in [-0.25, -0.2) is 0 Å². The molecular formula is C22H20N4O2. The molecule has 4 aromatic rings. The topological polar surface area (TPSA) is 83.0 Å². The van der Waals surface area contributed by atoms with Crippen LogP contribution in [0, 0.1) is 6.92 Å². The average Bonchev–Trinajstić information content (AvgIpc) is 3.06. The van der Waals surface area contributed by atoms with Crippen LogP contribution in [0.3, 0.4) is 0 Å². The van der Waals surface area contributed by atoms with E-state index in [1.807, 2.05) is 61.2 Å². The third kappa shape index (κ3) is 3.44. The lowest BCUT2D eigenvalue weighted by molar-refractivity contribution is 0.0999.